The predicted molar refractivity (Wildman–Crippen MR) is 79.6 cm³/mol. The lowest BCUT2D eigenvalue weighted by Crippen LogP contribution is -2.03. The molecule has 5 nitrogen and oxygen atoms in total. The van der Waals surface area contributed by atoms with Crippen molar-refractivity contribution in [3.8, 4) is 17.2 Å². The van der Waals surface area contributed by atoms with E-state index in [1.54, 1.807) is 24.3 Å². The number of carbonyl (C=O) groups excluding carboxylic acids is 1. The van der Waals surface area contributed by atoms with E-state index in [0.29, 0.717) is 11.3 Å². The van der Waals surface area contributed by atoms with Gasteiger partial charge < -0.3 is 14.9 Å². The SMILES string of the molecule is COc1ccc(C=NCC(=O)c2ccccc2O)c(O)c1. The molecule has 21 heavy (non-hydrogen) atoms. The molecule has 0 radical (unpaired) electrons. The Bertz CT molecular complexity index is 680. The predicted octanol–water partition coefficient (Wildman–Crippen LogP) is 2.41. The molecular weight excluding hydrogens is 270 g/mol. The highest BCUT2D eigenvalue weighted by Crippen LogP contribution is 2.22. The number of ether oxygens (including phenoxy) is 1. The van der Waals surface area contributed by atoms with Crippen LogP contribution < -0.4 is 4.74 Å². The zero-order chi connectivity index (χ0) is 15.2. The molecule has 0 spiro atoms. The third-order valence-corrected chi connectivity index (χ3v) is 2.91. The first-order chi connectivity index (χ1) is 10.1. The van der Waals surface area contributed by atoms with Crippen LogP contribution in [0.5, 0.6) is 17.2 Å². The van der Waals surface area contributed by atoms with Crippen LogP contribution in [0, 0.1) is 0 Å². The maximum absolute atomic E-state index is 11.9. The van der Waals surface area contributed by atoms with Crippen molar-refractivity contribution in [3.05, 3.63) is 53.6 Å². The number of benzene rings is 2. The van der Waals surface area contributed by atoms with Gasteiger partial charge >= 0.3 is 0 Å². The van der Waals surface area contributed by atoms with Gasteiger partial charge in [-0.3, -0.25) is 9.79 Å². The number of Topliss-reactive ketones (excluding diaryl/α,β-unsaturated/α-hetero) is 1. The van der Waals surface area contributed by atoms with Crippen LogP contribution in [0.1, 0.15) is 15.9 Å². The highest BCUT2D eigenvalue weighted by atomic mass is 16.5. The number of hydrogen-bond donors (Lipinski definition) is 2. The first kappa shape index (κ1) is 14.6. The third kappa shape index (κ3) is 3.60. The van der Waals surface area contributed by atoms with Crippen LogP contribution in [0.25, 0.3) is 0 Å². The average molecular weight is 285 g/mol. The molecule has 0 heterocycles. The van der Waals surface area contributed by atoms with E-state index in [2.05, 4.69) is 4.99 Å². The fourth-order valence-corrected chi connectivity index (χ4v) is 1.78. The number of methoxy groups -OCH3 is 1. The maximum Gasteiger partial charge on any atom is 0.187 e. The number of carbonyl (C=O) groups is 1. The van der Waals surface area contributed by atoms with E-state index in [1.807, 2.05) is 0 Å². The third-order valence-electron chi connectivity index (χ3n) is 2.91. The Hall–Kier alpha value is -2.82. The van der Waals surface area contributed by atoms with Crippen molar-refractivity contribution >= 4 is 12.0 Å². The summed E-state index contributed by atoms with van der Waals surface area (Å²) in [5.41, 5.74) is 0.717. The summed E-state index contributed by atoms with van der Waals surface area (Å²) in [5.74, 6) is 0.199. The number of phenolic OH excluding ortho intramolecular Hbond substituents is 2. The highest BCUT2D eigenvalue weighted by Gasteiger charge is 2.09. The zero-order valence-electron chi connectivity index (χ0n) is 11.5. The molecule has 0 aliphatic heterocycles. The summed E-state index contributed by atoms with van der Waals surface area (Å²) in [5, 5.41) is 19.3. The normalized spacial score (nSPS) is 10.7. The largest absolute Gasteiger partial charge is 0.507 e. The molecule has 5 heteroatoms. The molecular formula is C16H15NO4. The van der Waals surface area contributed by atoms with Crippen LogP contribution in [0.4, 0.5) is 0 Å². The van der Waals surface area contributed by atoms with Crippen molar-refractivity contribution in [2.45, 2.75) is 0 Å². The van der Waals surface area contributed by atoms with Crippen LogP contribution in [0.3, 0.4) is 0 Å². The lowest BCUT2D eigenvalue weighted by atomic mass is 10.1. The summed E-state index contributed by atoms with van der Waals surface area (Å²) in [4.78, 5) is 15.9. The molecule has 0 amide bonds. The molecule has 2 aromatic rings. The van der Waals surface area contributed by atoms with Gasteiger partial charge in [-0.15, -0.1) is 0 Å². The molecule has 0 fully saturated rings. The Morgan fingerprint density at radius 2 is 1.95 bits per heavy atom. The van der Waals surface area contributed by atoms with Crippen LogP contribution in [-0.4, -0.2) is 35.9 Å². The lowest BCUT2D eigenvalue weighted by molar-refractivity contribution is 0.0999. The van der Waals surface area contributed by atoms with E-state index in [9.17, 15) is 15.0 Å². The summed E-state index contributed by atoms with van der Waals surface area (Å²) >= 11 is 0. The van der Waals surface area contributed by atoms with E-state index in [4.69, 9.17) is 4.74 Å². The number of para-hydroxylation sites is 1. The summed E-state index contributed by atoms with van der Waals surface area (Å²) in [6.45, 7) is -0.108. The fourth-order valence-electron chi connectivity index (χ4n) is 1.78. The summed E-state index contributed by atoms with van der Waals surface area (Å²) < 4.78 is 4.98. The number of phenols is 2. The van der Waals surface area contributed by atoms with Crippen LogP contribution in [-0.2, 0) is 0 Å². The first-order valence-corrected chi connectivity index (χ1v) is 6.30. The van der Waals surface area contributed by atoms with Crippen molar-refractivity contribution in [3.63, 3.8) is 0 Å². The Balaban J connectivity index is 2.06. The van der Waals surface area contributed by atoms with Crippen LogP contribution in [0.2, 0.25) is 0 Å². The molecule has 2 rings (SSSR count). The number of rotatable bonds is 5. The second-order valence-electron chi connectivity index (χ2n) is 4.33. The monoisotopic (exact) mass is 285 g/mol. The lowest BCUT2D eigenvalue weighted by Gasteiger charge is -2.03. The number of nitrogens with zero attached hydrogens (tertiary/aromatic N) is 1. The standard InChI is InChI=1S/C16H15NO4/c1-21-12-7-6-11(15(19)8-12)9-17-10-16(20)13-4-2-3-5-14(13)18/h2-9,18-19H,10H2,1H3. The van der Waals surface area contributed by atoms with Crippen molar-refractivity contribution in [2.24, 2.45) is 4.99 Å². The second-order valence-corrected chi connectivity index (χ2v) is 4.33. The number of aliphatic imine (C=N–C) groups is 1. The van der Waals surface area contributed by atoms with Gasteiger partial charge in [0.05, 0.1) is 12.7 Å². The molecule has 0 aromatic heterocycles. The molecule has 0 aliphatic rings. The smallest absolute Gasteiger partial charge is 0.187 e. The minimum absolute atomic E-state index is 0.0214. The van der Waals surface area contributed by atoms with Crippen molar-refractivity contribution in [1.82, 2.24) is 0 Å². The first-order valence-electron chi connectivity index (χ1n) is 6.30. The van der Waals surface area contributed by atoms with E-state index in [1.165, 1.54) is 31.5 Å². The number of hydrogen-bond acceptors (Lipinski definition) is 5. The Labute approximate surface area is 122 Å². The van der Waals surface area contributed by atoms with Gasteiger partial charge in [0.1, 0.15) is 23.8 Å². The summed E-state index contributed by atoms with van der Waals surface area (Å²) in [6, 6.07) is 11.1. The zero-order valence-corrected chi connectivity index (χ0v) is 11.5. The highest BCUT2D eigenvalue weighted by molar-refractivity contribution is 6.01. The Morgan fingerprint density at radius 3 is 2.62 bits per heavy atom. The second kappa shape index (κ2) is 6.56. The number of aromatic hydroxyl groups is 2. The Morgan fingerprint density at radius 1 is 1.19 bits per heavy atom. The molecule has 0 unspecified atom stereocenters. The van der Waals surface area contributed by atoms with E-state index < -0.39 is 0 Å². The molecule has 0 atom stereocenters. The van der Waals surface area contributed by atoms with Crippen LogP contribution in [0.15, 0.2) is 47.5 Å². The van der Waals surface area contributed by atoms with Gasteiger partial charge in [0.15, 0.2) is 5.78 Å². The van der Waals surface area contributed by atoms with Crippen molar-refractivity contribution in [1.29, 1.82) is 0 Å². The molecule has 108 valence electrons. The van der Waals surface area contributed by atoms with Gasteiger partial charge in [0.25, 0.3) is 0 Å². The maximum atomic E-state index is 11.9. The van der Waals surface area contributed by atoms with E-state index in [0.717, 1.165) is 0 Å². The van der Waals surface area contributed by atoms with Gasteiger partial charge in [-0.1, -0.05) is 12.1 Å². The van der Waals surface area contributed by atoms with Crippen LogP contribution >= 0.6 is 0 Å². The molecule has 2 N–H and O–H groups in total. The van der Waals surface area contributed by atoms with Gasteiger partial charge in [0, 0.05) is 17.8 Å². The van der Waals surface area contributed by atoms with E-state index in [-0.39, 0.29) is 29.4 Å². The van der Waals surface area contributed by atoms with E-state index >= 15 is 0 Å². The Kier molecular flexibility index (Phi) is 4.56. The van der Waals surface area contributed by atoms with Gasteiger partial charge in [-0.05, 0) is 24.3 Å². The van der Waals surface area contributed by atoms with Gasteiger partial charge in [-0.2, -0.15) is 0 Å². The molecule has 0 saturated carbocycles. The molecule has 0 aliphatic carbocycles. The number of ketones is 1. The molecule has 2 aromatic carbocycles. The molecule has 0 saturated heterocycles. The topological polar surface area (TPSA) is 79.1 Å². The van der Waals surface area contributed by atoms with Gasteiger partial charge in [-0.25, -0.2) is 0 Å². The molecule has 0 bridgehead atoms. The fraction of sp³-hybridized carbons (Fsp3) is 0.125. The van der Waals surface area contributed by atoms with Crippen molar-refractivity contribution in [2.75, 3.05) is 13.7 Å². The average Bonchev–Trinajstić information content (AvgIpc) is 2.49. The van der Waals surface area contributed by atoms with Gasteiger partial charge in [0.2, 0.25) is 0 Å². The van der Waals surface area contributed by atoms with Crippen molar-refractivity contribution < 1.29 is 19.7 Å². The minimum Gasteiger partial charge on any atom is -0.507 e. The minimum atomic E-state index is -0.294. The summed E-state index contributed by atoms with van der Waals surface area (Å²) in [7, 11) is 1.51. The quantitative estimate of drug-likeness (QED) is 0.653. The summed E-state index contributed by atoms with van der Waals surface area (Å²) in [6.07, 6.45) is 1.41.